The van der Waals surface area contributed by atoms with Gasteiger partial charge in [-0.2, -0.15) is 0 Å². The predicted octanol–water partition coefficient (Wildman–Crippen LogP) is 3.17. The molecule has 0 saturated heterocycles. The van der Waals surface area contributed by atoms with Gasteiger partial charge in [0, 0.05) is 17.8 Å². The number of aromatic nitrogens is 1. The minimum Gasteiger partial charge on any atom is -0.507 e. The molecule has 3 nitrogen and oxygen atoms in total. The molecule has 3 heteroatoms. The summed E-state index contributed by atoms with van der Waals surface area (Å²) in [6, 6.07) is 12.4. The molecule has 0 fully saturated rings. The summed E-state index contributed by atoms with van der Waals surface area (Å²) in [7, 11) is 0. The zero-order chi connectivity index (χ0) is 13.0. The molecule has 0 radical (unpaired) electrons. The van der Waals surface area contributed by atoms with Crippen LogP contribution in [0, 0.1) is 6.92 Å². The predicted molar refractivity (Wildman–Crippen MR) is 70.4 cm³/mol. The van der Waals surface area contributed by atoms with Gasteiger partial charge in [0.25, 0.3) is 0 Å². The summed E-state index contributed by atoms with van der Waals surface area (Å²) < 4.78 is 0. The molecule has 0 bridgehead atoms. The molecule has 0 aliphatic heterocycles. The molecule has 0 amide bonds. The van der Waals surface area contributed by atoms with Crippen molar-refractivity contribution in [2.24, 2.45) is 0 Å². The van der Waals surface area contributed by atoms with Crippen LogP contribution in [0.15, 0.2) is 54.7 Å². The standard InChI is InChI=1S/C15H13NO2/c1-11-5-7-12(8-6-11)14(17)10-15(18)13-4-2-3-9-16-13/h2-10,17H,1H3. The van der Waals surface area contributed by atoms with E-state index in [9.17, 15) is 9.90 Å². The molecular formula is C15H13NO2. The second-order valence-corrected chi connectivity index (χ2v) is 3.97. The summed E-state index contributed by atoms with van der Waals surface area (Å²) in [6.07, 6.45) is 2.73. The van der Waals surface area contributed by atoms with Crippen LogP contribution in [-0.2, 0) is 0 Å². The maximum absolute atomic E-state index is 11.8. The van der Waals surface area contributed by atoms with Crippen molar-refractivity contribution < 1.29 is 9.90 Å². The smallest absolute Gasteiger partial charge is 0.207 e. The number of carbonyl (C=O) groups is 1. The molecule has 0 aliphatic rings. The van der Waals surface area contributed by atoms with Gasteiger partial charge >= 0.3 is 0 Å². The van der Waals surface area contributed by atoms with E-state index in [1.54, 1.807) is 36.5 Å². The topological polar surface area (TPSA) is 50.2 Å². The van der Waals surface area contributed by atoms with Crippen molar-refractivity contribution in [3.05, 3.63) is 71.6 Å². The molecule has 1 aromatic carbocycles. The number of nitrogens with zero attached hydrogens (tertiary/aromatic N) is 1. The van der Waals surface area contributed by atoms with E-state index in [-0.39, 0.29) is 11.5 Å². The van der Waals surface area contributed by atoms with Crippen LogP contribution < -0.4 is 0 Å². The summed E-state index contributed by atoms with van der Waals surface area (Å²) in [6.45, 7) is 1.96. The van der Waals surface area contributed by atoms with E-state index in [1.165, 1.54) is 6.08 Å². The number of aliphatic hydroxyl groups excluding tert-OH is 1. The quantitative estimate of drug-likeness (QED) is 0.508. The van der Waals surface area contributed by atoms with Crippen LogP contribution in [0.25, 0.3) is 5.76 Å². The van der Waals surface area contributed by atoms with Crippen molar-refractivity contribution in [3.8, 4) is 0 Å². The average molecular weight is 239 g/mol. The van der Waals surface area contributed by atoms with Crippen molar-refractivity contribution in [2.45, 2.75) is 6.92 Å². The molecule has 1 heterocycles. The second-order valence-electron chi connectivity index (χ2n) is 3.97. The number of rotatable bonds is 3. The van der Waals surface area contributed by atoms with Crippen molar-refractivity contribution in [3.63, 3.8) is 0 Å². The van der Waals surface area contributed by atoms with E-state index in [0.29, 0.717) is 11.3 Å². The third-order valence-electron chi connectivity index (χ3n) is 2.53. The van der Waals surface area contributed by atoms with Gasteiger partial charge in [-0.3, -0.25) is 9.78 Å². The molecular weight excluding hydrogens is 226 g/mol. The Kier molecular flexibility index (Phi) is 3.53. The molecule has 1 aromatic heterocycles. The lowest BCUT2D eigenvalue weighted by Gasteiger charge is -2.00. The number of aliphatic hydroxyl groups is 1. The van der Waals surface area contributed by atoms with E-state index >= 15 is 0 Å². The van der Waals surface area contributed by atoms with E-state index in [2.05, 4.69) is 4.98 Å². The first kappa shape index (κ1) is 12.0. The number of pyridine rings is 1. The molecule has 0 aliphatic carbocycles. The fourth-order valence-electron chi connectivity index (χ4n) is 1.51. The van der Waals surface area contributed by atoms with E-state index in [1.807, 2.05) is 19.1 Å². The van der Waals surface area contributed by atoms with Gasteiger partial charge in [0.2, 0.25) is 5.78 Å². The van der Waals surface area contributed by atoms with E-state index in [4.69, 9.17) is 0 Å². The highest BCUT2D eigenvalue weighted by Crippen LogP contribution is 2.13. The number of hydrogen-bond donors (Lipinski definition) is 1. The SMILES string of the molecule is Cc1ccc(C(O)=CC(=O)c2ccccn2)cc1. The average Bonchev–Trinajstić information content (AvgIpc) is 2.40. The maximum Gasteiger partial charge on any atom is 0.207 e. The first-order chi connectivity index (χ1) is 8.66. The summed E-state index contributed by atoms with van der Waals surface area (Å²) in [5.41, 5.74) is 2.03. The molecule has 0 saturated carbocycles. The Morgan fingerprint density at radius 3 is 2.50 bits per heavy atom. The largest absolute Gasteiger partial charge is 0.507 e. The lowest BCUT2D eigenvalue weighted by Crippen LogP contribution is -1.99. The highest BCUT2D eigenvalue weighted by Gasteiger charge is 2.06. The van der Waals surface area contributed by atoms with Gasteiger partial charge in [0.15, 0.2) is 0 Å². The third kappa shape index (κ3) is 2.83. The maximum atomic E-state index is 11.8. The van der Waals surface area contributed by atoms with Crippen LogP contribution in [-0.4, -0.2) is 15.9 Å². The number of carbonyl (C=O) groups excluding carboxylic acids is 1. The number of ketones is 1. The van der Waals surface area contributed by atoms with Crippen molar-refractivity contribution in [1.29, 1.82) is 0 Å². The van der Waals surface area contributed by atoms with Gasteiger partial charge in [0.1, 0.15) is 11.5 Å². The lowest BCUT2D eigenvalue weighted by atomic mass is 10.1. The molecule has 1 N–H and O–H groups in total. The fraction of sp³-hybridized carbons (Fsp3) is 0.0667. The summed E-state index contributed by atoms with van der Waals surface area (Å²) in [5.74, 6) is -0.362. The molecule has 18 heavy (non-hydrogen) atoms. The zero-order valence-electron chi connectivity index (χ0n) is 10.00. The van der Waals surface area contributed by atoms with Crippen molar-refractivity contribution in [2.75, 3.05) is 0 Å². The number of allylic oxidation sites excluding steroid dienone is 1. The zero-order valence-corrected chi connectivity index (χ0v) is 10.00. The molecule has 0 unspecified atom stereocenters. The Morgan fingerprint density at radius 1 is 1.17 bits per heavy atom. The van der Waals surface area contributed by atoms with Gasteiger partial charge in [-0.1, -0.05) is 35.9 Å². The Morgan fingerprint density at radius 2 is 1.89 bits per heavy atom. The number of hydrogen-bond acceptors (Lipinski definition) is 3. The molecule has 2 aromatic rings. The number of aryl methyl sites for hydroxylation is 1. The first-order valence-corrected chi connectivity index (χ1v) is 5.60. The Labute approximate surface area is 105 Å². The van der Waals surface area contributed by atoms with Crippen LogP contribution in [0.4, 0.5) is 0 Å². The highest BCUT2D eigenvalue weighted by atomic mass is 16.3. The third-order valence-corrected chi connectivity index (χ3v) is 2.53. The normalized spacial score (nSPS) is 11.3. The summed E-state index contributed by atoms with van der Waals surface area (Å²) in [5, 5.41) is 9.86. The van der Waals surface area contributed by atoms with Gasteiger partial charge in [-0.15, -0.1) is 0 Å². The minimum absolute atomic E-state index is 0.0503. The lowest BCUT2D eigenvalue weighted by molar-refractivity contribution is 0.104. The van der Waals surface area contributed by atoms with Gasteiger partial charge in [0.05, 0.1) is 0 Å². The van der Waals surface area contributed by atoms with E-state index < -0.39 is 0 Å². The van der Waals surface area contributed by atoms with Crippen molar-refractivity contribution >= 4 is 11.5 Å². The Hall–Kier alpha value is -2.42. The molecule has 0 spiro atoms. The van der Waals surface area contributed by atoms with Crippen LogP contribution in [0.5, 0.6) is 0 Å². The van der Waals surface area contributed by atoms with Crippen LogP contribution in [0.3, 0.4) is 0 Å². The van der Waals surface area contributed by atoms with Gasteiger partial charge in [-0.25, -0.2) is 0 Å². The summed E-state index contributed by atoms with van der Waals surface area (Å²) in [4.78, 5) is 15.7. The van der Waals surface area contributed by atoms with Crippen LogP contribution in [0.1, 0.15) is 21.6 Å². The first-order valence-electron chi connectivity index (χ1n) is 5.60. The Balaban J connectivity index is 2.23. The molecule has 2 rings (SSSR count). The highest BCUT2D eigenvalue weighted by molar-refractivity contribution is 6.06. The van der Waals surface area contributed by atoms with Crippen LogP contribution in [0.2, 0.25) is 0 Å². The Bertz CT molecular complexity index is 571. The molecule has 0 atom stereocenters. The molecule has 90 valence electrons. The summed E-state index contributed by atoms with van der Waals surface area (Å²) >= 11 is 0. The van der Waals surface area contributed by atoms with Crippen molar-refractivity contribution in [1.82, 2.24) is 4.98 Å². The number of benzene rings is 1. The van der Waals surface area contributed by atoms with Crippen LogP contribution >= 0.6 is 0 Å². The minimum atomic E-state index is -0.311. The monoisotopic (exact) mass is 239 g/mol. The second kappa shape index (κ2) is 5.27. The fourth-order valence-corrected chi connectivity index (χ4v) is 1.51. The van der Waals surface area contributed by atoms with Gasteiger partial charge < -0.3 is 5.11 Å². The van der Waals surface area contributed by atoms with Gasteiger partial charge in [-0.05, 0) is 19.1 Å². The van der Waals surface area contributed by atoms with E-state index in [0.717, 1.165) is 5.56 Å².